The van der Waals surface area contributed by atoms with Gasteiger partial charge in [-0.3, -0.25) is 4.90 Å². The number of nitrogens with zero attached hydrogens (tertiary/aromatic N) is 1. The van der Waals surface area contributed by atoms with Gasteiger partial charge < -0.3 is 14.6 Å². The Labute approximate surface area is 173 Å². The van der Waals surface area contributed by atoms with E-state index in [2.05, 4.69) is 23.1 Å². The highest BCUT2D eigenvalue weighted by Gasteiger charge is 2.15. The third-order valence-corrected chi connectivity index (χ3v) is 5.27. The molecule has 1 fully saturated rings. The number of phenolic OH excluding ortho intramolecular Hbond substituents is 1. The summed E-state index contributed by atoms with van der Waals surface area (Å²) < 4.78 is 11.8. The van der Waals surface area contributed by atoms with Crippen LogP contribution in [0, 0.1) is 0 Å². The van der Waals surface area contributed by atoms with Gasteiger partial charge in [-0.25, -0.2) is 0 Å². The van der Waals surface area contributed by atoms with Crippen molar-refractivity contribution >= 4 is 18.5 Å². The van der Waals surface area contributed by atoms with Gasteiger partial charge in [0, 0.05) is 19.0 Å². The Bertz CT molecular complexity index is 798. The zero-order valence-corrected chi connectivity index (χ0v) is 16.9. The monoisotopic (exact) mass is 401 g/mol. The summed E-state index contributed by atoms with van der Waals surface area (Å²) in [7, 11) is 0. The van der Waals surface area contributed by atoms with Crippen LogP contribution in [0.15, 0.2) is 48.2 Å². The molecular weight excluding hydrogens is 374 g/mol. The molecule has 0 spiro atoms. The van der Waals surface area contributed by atoms with E-state index in [1.54, 1.807) is 12.1 Å². The Hall–Kier alpha value is -2.17. The number of ether oxygens (including phenoxy) is 2. The summed E-state index contributed by atoms with van der Waals surface area (Å²) >= 11 is 0. The van der Waals surface area contributed by atoms with Crippen molar-refractivity contribution < 1.29 is 14.6 Å². The fourth-order valence-corrected chi connectivity index (χ4v) is 3.72. The molecule has 150 valence electrons. The van der Waals surface area contributed by atoms with Gasteiger partial charge in [-0.15, -0.1) is 12.4 Å². The van der Waals surface area contributed by atoms with E-state index in [-0.39, 0.29) is 18.2 Å². The summed E-state index contributed by atoms with van der Waals surface area (Å²) in [6.45, 7) is 4.16. The van der Waals surface area contributed by atoms with Crippen molar-refractivity contribution in [2.24, 2.45) is 0 Å². The molecule has 4 rings (SSSR count). The Morgan fingerprint density at radius 3 is 2.57 bits per heavy atom. The van der Waals surface area contributed by atoms with Gasteiger partial charge >= 0.3 is 0 Å². The van der Waals surface area contributed by atoms with E-state index in [1.165, 1.54) is 32.4 Å². The molecule has 0 aromatic heterocycles. The number of piperidine rings is 1. The van der Waals surface area contributed by atoms with E-state index >= 15 is 0 Å². The molecule has 1 saturated heterocycles. The van der Waals surface area contributed by atoms with Crippen molar-refractivity contribution in [1.29, 1.82) is 0 Å². The lowest BCUT2D eigenvalue weighted by Gasteiger charge is -2.26. The van der Waals surface area contributed by atoms with Gasteiger partial charge in [-0.1, -0.05) is 24.6 Å². The summed E-state index contributed by atoms with van der Waals surface area (Å²) in [5.74, 6) is 2.83. The first kappa shape index (κ1) is 20.6. The quantitative estimate of drug-likeness (QED) is 0.761. The first-order valence-corrected chi connectivity index (χ1v) is 9.92. The van der Waals surface area contributed by atoms with E-state index in [9.17, 15) is 5.11 Å². The molecule has 1 N–H and O–H groups in total. The van der Waals surface area contributed by atoms with Gasteiger partial charge in [0.1, 0.15) is 29.6 Å². The highest BCUT2D eigenvalue weighted by Crippen LogP contribution is 2.33. The SMILES string of the molecule is Cl.Oc1ccc2c(c1)OC(=Cc1ccc(OCCN3CCCCC3)cc1)CC2. The maximum Gasteiger partial charge on any atom is 0.133 e. The summed E-state index contributed by atoms with van der Waals surface area (Å²) in [6.07, 6.45) is 7.85. The largest absolute Gasteiger partial charge is 0.508 e. The topological polar surface area (TPSA) is 41.9 Å². The van der Waals surface area contributed by atoms with Crippen molar-refractivity contribution in [2.45, 2.75) is 32.1 Å². The number of allylic oxidation sites excluding steroid dienone is 1. The normalized spacial score (nSPS) is 18.1. The minimum atomic E-state index is 0. The van der Waals surface area contributed by atoms with Crippen molar-refractivity contribution in [3.05, 3.63) is 59.4 Å². The van der Waals surface area contributed by atoms with E-state index in [0.29, 0.717) is 0 Å². The average molecular weight is 402 g/mol. The standard InChI is InChI=1S/C23H27NO3.ClH/c25-20-8-6-19-7-11-22(27-23(19)17-20)16-18-4-9-21(10-5-18)26-15-14-24-12-2-1-3-13-24;/h4-6,8-10,16-17,25H,1-3,7,11-15H2;1H. The second kappa shape index (κ2) is 9.85. The Kier molecular flexibility index (Phi) is 7.24. The molecule has 0 saturated carbocycles. The summed E-state index contributed by atoms with van der Waals surface area (Å²) in [5, 5.41) is 9.63. The van der Waals surface area contributed by atoms with Gasteiger partial charge in [0.05, 0.1) is 0 Å². The average Bonchev–Trinajstić information content (AvgIpc) is 2.70. The molecule has 2 heterocycles. The van der Waals surface area contributed by atoms with Crippen molar-refractivity contribution in [3.8, 4) is 17.2 Å². The fourth-order valence-electron chi connectivity index (χ4n) is 3.72. The van der Waals surface area contributed by atoms with Crippen molar-refractivity contribution in [2.75, 3.05) is 26.2 Å². The number of benzene rings is 2. The number of rotatable bonds is 5. The second-order valence-corrected chi connectivity index (χ2v) is 7.32. The molecule has 2 aliphatic rings. The molecule has 28 heavy (non-hydrogen) atoms. The highest BCUT2D eigenvalue weighted by atomic mass is 35.5. The van der Waals surface area contributed by atoms with Crippen LogP contribution in [0.2, 0.25) is 0 Å². The molecular formula is C23H28ClNO3. The number of aromatic hydroxyl groups is 1. The molecule has 5 heteroatoms. The molecule has 0 atom stereocenters. The van der Waals surface area contributed by atoms with Gasteiger partial charge in [0.25, 0.3) is 0 Å². The van der Waals surface area contributed by atoms with Gasteiger partial charge in [-0.2, -0.15) is 0 Å². The van der Waals surface area contributed by atoms with Crippen molar-refractivity contribution in [3.63, 3.8) is 0 Å². The Morgan fingerprint density at radius 2 is 1.79 bits per heavy atom. The molecule has 4 nitrogen and oxygen atoms in total. The molecule has 0 unspecified atom stereocenters. The third kappa shape index (κ3) is 5.43. The maximum absolute atomic E-state index is 9.63. The van der Waals surface area contributed by atoms with E-state index < -0.39 is 0 Å². The predicted molar refractivity (Wildman–Crippen MR) is 115 cm³/mol. The number of aryl methyl sites for hydroxylation is 1. The van der Waals surface area contributed by atoms with E-state index in [0.717, 1.165) is 54.4 Å². The molecule has 0 radical (unpaired) electrons. The fraction of sp³-hybridized carbons (Fsp3) is 0.391. The minimum Gasteiger partial charge on any atom is -0.508 e. The number of fused-ring (bicyclic) bond motifs is 1. The number of likely N-dealkylation sites (tertiary alicyclic amines) is 1. The van der Waals surface area contributed by atoms with Gasteiger partial charge in [-0.05, 0) is 67.8 Å². The van der Waals surface area contributed by atoms with E-state index in [4.69, 9.17) is 9.47 Å². The zero-order valence-electron chi connectivity index (χ0n) is 16.1. The van der Waals surface area contributed by atoms with Crippen LogP contribution >= 0.6 is 12.4 Å². The molecule has 2 aromatic carbocycles. The van der Waals surface area contributed by atoms with Crippen LogP contribution in [-0.4, -0.2) is 36.2 Å². The minimum absolute atomic E-state index is 0. The Morgan fingerprint density at radius 1 is 1.00 bits per heavy atom. The van der Waals surface area contributed by atoms with Crippen LogP contribution in [0.5, 0.6) is 17.2 Å². The first-order valence-electron chi connectivity index (χ1n) is 9.92. The first-order chi connectivity index (χ1) is 13.3. The zero-order chi connectivity index (χ0) is 18.5. The molecule has 2 aromatic rings. The third-order valence-electron chi connectivity index (χ3n) is 5.27. The van der Waals surface area contributed by atoms with Crippen LogP contribution in [0.1, 0.15) is 36.8 Å². The molecule has 0 bridgehead atoms. The lowest BCUT2D eigenvalue weighted by molar-refractivity contribution is 0.183. The van der Waals surface area contributed by atoms with Crippen LogP contribution in [0.25, 0.3) is 6.08 Å². The predicted octanol–water partition coefficient (Wildman–Crippen LogP) is 5.04. The molecule has 0 aliphatic carbocycles. The number of hydrogen-bond donors (Lipinski definition) is 1. The molecule has 2 aliphatic heterocycles. The maximum atomic E-state index is 9.63. The lowest BCUT2D eigenvalue weighted by Crippen LogP contribution is -2.33. The number of hydrogen-bond acceptors (Lipinski definition) is 4. The van der Waals surface area contributed by atoms with Gasteiger partial charge in [0.15, 0.2) is 0 Å². The van der Waals surface area contributed by atoms with E-state index in [1.807, 2.05) is 18.2 Å². The summed E-state index contributed by atoms with van der Waals surface area (Å²) in [4.78, 5) is 2.48. The van der Waals surface area contributed by atoms with Gasteiger partial charge in [0.2, 0.25) is 0 Å². The van der Waals surface area contributed by atoms with Crippen LogP contribution in [0.4, 0.5) is 0 Å². The smallest absolute Gasteiger partial charge is 0.133 e. The van der Waals surface area contributed by atoms with Crippen LogP contribution in [-0.2, 0) is 6.42 Å². The van der Waals surface area contributed by atoms with Crippen molar-refractivity contribution in [1.82, 2.24) is 4.90 Å². The Balaban J connectivity index is 0.00000225. The lowest BCUT2D eigenvalue weighted by atomic mass is 10.0. The second-order valence-electron chi connectivity index (χ2n) is 7.32. The number of halogens is 1. The highest BCUT2D eigenvalue weighted by molar-refractivity contribution is 5.85. The number of phenols is 1. The van der Waals surface area contributed by atoms with Crippen LogP contribution < -0.4 is 9.47 Å². The summed E-state index contributed by atoms with van der Waals surface area (Å²) in [5.41, 5.74) is 2.24. The summed E-state index contributed by atoms with van der Waals surface area (Å²) in [6, 6.07) is 13.5. The molecule has 0 amide bonds. The van der Waals surface area contributed by atoms with Crippen LogP contribution in [0.3, 0.4) is 0 Å².